The number of thiazole rings is 1. The highest BCUT2D eigenvalue weighted by atomic mass is 127. The number of aromatic nitrogens is 1. The molecule has 1 atom stereocenters. The second-order valence-electron chi connectivity index (χ2n) is 5.88. The third-order valence-electron chi connectivity index (χ3n) is 3.59. The molecule has 5 nitrogen and oxygen atoms in total. The standard InChI is InChI=1S/C18H26N4OS.HI/c1-4-19-17(20-11-10-16-21-12-14(2)24-16)22-13-18(3,23)15-8-6-5-7-9-15;/h5-9,12,23H,4,10-11,13H2,1-3H3,(H2,19,20,22);1H. The van der Waals surface area contributed by atoms with Gasteiger partial charge in [0.15, 0.2) is 5.96 Å². The van der Waals surface area contributed by atoms with Gasteiger partial charge in [-0.15, -0.1) is 35.3 Å². The minimum atomic E-state index is -0.990. The van der Waals surface area contributed by atoms with Crippen LogP contribution in [-0.2, 0) is 12.0 Å². The van der Waals surface area contributed by atoms with E-state index in [0.717, 1.165) is 30.1 Å². The van der Waals surface area contributed by atoms with Gasteiger partial charge in [0.05, 0.1) is 11.6 Å². The molecule has 0 amide bonds. The molecule has 0 saturated heterocycles. The Hall–Kier alpha value is -1.19. The number of aryl methyl sites for hydroxylation is 1. The lowest BCUT2D eigenvalue weighted by Gasteiger charge is -2.22. The number of aliphatic imine (C=N–C) groups is 1. The summed E-state index contributed by atoms with van der Waals surface area (Å²) in [7, 11) is 0. The normalized spacial score (nSPS) is 13.7. The van der Waals surface area contributed by atoms with Crippen molar-refractivity contribution in [2.45, 2.75) is 32.8 Å². The van der Waals surface area contributed by atoms with Crippen LogP contribution < -0.4 is 10.6 Å². The van der Waals surface area contributed by atoms with Gasteiger partial charge in [-0.2, -0.15) is 0 Å². The first kappa shape index (κ1) is 21.9. The minimum absolute atomic E-state index is 0. The summed E-state index contributed by atoms with van der Waals surface area (Å²) in [4.78, 5) is 10.1. The van der Waals surface area contributed by atoms with Gasteiger partial charge in [-0.05, 0) is 26.3 Å². The van der Waals surface area contributed by atoms with Crippen LogP contribution in [0.5, 0.6) is 0 Å². The maximum Gasteiger partial charge on any atom is 0.191 e. The fourth-order valence-electron chi connectivity index (χ4n) is 2.27. The maximum absolute atomic E-state index is 10.6. The second-order valence-corrected chi connectivity index (χ2v) is 7.20. The zero-order chi connectivity index (χ0) is 17.4. The lowest BCUT2D eigenvalue weighted by Crippen LogP contribution is -2.39. The molecule has 0 bridgehead atoms. The highest BCUT2D eigenvalue weighted by Crippen LogP contribution is 2.20. The van der Waals surface area contributed by atoms with Crippen molar-refractivity contribution in [3.05, 3.63) is 52.0 Å². The van der Waals surface area contributed by atoms with E-state index in [1.807, 2.05) is 43.5 Å². The van der Waals surface area contributed by atoms with E-state index in [0.29, 0.717) is 12.5 Å². The summed E-state index contributed by atoms with van der Waals surface area (Å²) in [5.74, 6) is 0.710. The highest BCUT2D eigenvalue weighted by molar-refractivity contribution is 14.0. The van der Waals surface area contributed by atoms with Crippen LogP contribution in [0.15, 0.2) is 41.5 Å². The van der Waals surface area contributed by atoms with E-state index < -0.39 is 5.60 Å². The summed E-state index contributed by atoms with van der Waals surface area (Å²) >= 11 is 1.72. The molecule has 138 valence electrons. The molecular weight excluding hydrogens is 447 g/mol. The fourth-order valence-corrected chi connectivity index (χ4v) is 3.05. The molecule has 3 N–H and O–H groups in total. The Morgan fingerprint density at radius 2 is 2.00 bits per heavy atom. The zero-order valence-electron chi connectivity index (χ0n) is 15.0. The Balaban J connectivity index is 0.00000312. The second kappa shape index (κ2) is 10.7. The van der Waals surface area contributed by atoms with E-state index in [2.05, 4.69) is 27.5 Å². The Bertz CT molecular complexity index is 658. The van der Waals surface area contributed by atoms with Gasteiger partial charge in [-0.25, -0.2) is 9.98 Å². The average molecular weight is 474 g/mol. The molecule has 0 aliphatic rings. The lowest BCUT2D eigenvalue weighted by atomic mass is 9.96. The predicted octanol–water partition coefficient (Wildman–Crippen LogP) is 3.07. The molecule has 2 rings (SSSR count). The predicted molar refractivity (Wildman–Crippen MR) is 116 cm³/mol. The first-order chi connectivity index (χ1) is 11.5. The topological polar surface area (TPSA) is 69.5 Å². The number of nitrogens with one attached hydrogen (secondary N) is 2. The van der Waals surface area contributed by atoms with Crippen molar-refractivity contribution in [3.63, 3.8) is 0 Å². The molecule has 0 aliphatic heterocycles. The molecule has 2 aromatic rings. The van der Waals surface area contributed by atoms with Gasteiger partial charge >= 0.3 is 0 Å². The van der Waals surface area contributed by atoms with Gasteiger partial charge in [0.1, 0.15) is 5.60 Å². The Morgan fingerprint density at radius 1 is 1.28 bits per heavy atom. The quantitative estimate of drug-likeness (QED) is 0.328. The van der Waals surface area contributed by atoms with Crippen molar-refractivity contribution in [2.75, 3.05) is 19.6 Å². The molecule has 1 unspecified atom stereocenters. The van der Waals surface area contributed by atoms with Gasteiger partial charge in [0.2, 0.25) is 0 Å². The fraction of sp³-hybridized carbons (Fsp3) is 0.444. The molecule has 7 heteroatoms. The van der Waals surface area contributed by atoms with E-state index in [4.69, 9.17) is 0 Å². The maximum atomic E-state index is 10.6. The van der Waals surface area contributed by atoms with Crippen LogP contribution in [0, 0.1) is 6.92 Å². The zero-order valence-corrected chi connectivity index (χ0v) is 18.1. The van der Waals surface area contributed by atoms with Crippen molar-refractivity contribution < 1.29 is 5.11 Å². The molecule has 0 fully saturated rings. The molecule has 1 aromatic carbocycles. The van der Waals surface area contributed by atoms with Gasteiger partial charge in [0, 0.05) is 30.6 Å². The number of guanidine groups is 1. The van der Waals surface area contributed by atoms with Crippen molar-refractivity contribution in [1.82, 2.24) is 15.6 Å². The number of halogens is 1. The number of benzene rings is 1. The number of aliphatic hydroxyl groups is 1. The van der Waals surface area contributed by atoms with E-state index in [-0.39, 0.29) is 24.0 Å². The van der Waals surface area contributed by atoms with E-state index in [1.54, 1.807) is 18.3 Å². The molecule has 1 aromatic heterocycles. The molecule has 0 spiro atoms. The molecule has 25 heavy (non-hydrogen) atoms. The third-order valence-corrected chi connectivity index (χ3v) is 4.56. The summed E-state index contributed by atoms with van der Waals surface area (Å²) in [5, 5.41) is 18.3. The van der Waals surface area contributed by atoms with Crippen molar-refractivity contribution in [1.29, 1.82) is 0 Å². The molecule has 0 aliphatic carbocycles. The summed E-state index contributed by atoms with van der Waals surface area (Å²) in [6.07, 6.45) is 2.76. The van der Waals surface area contributed by atoms with Crippen LogP contribution in [0.4, 0.5) is 0 Å². The lowest BCUT2D eigenvalue weighted by molar-refractivity contribution is 0.0672. The Labute approximate surface area is 171 Å². The molecular formula is C18H27IN4OS. The van der Waals surface area contributed by atoms with Crippen LogP contribution in [0.3, 0.4) is 0 Å². The highest BCUT2D eigenvalue weighted by Gasteiger charge is 2.22. The summed E-state index contributed by atoms with van der Waals surface area (Å²) in [6, 6.07) is 9.62. The Morgan fingerprint density at radius 3 is 2.60 bits per heavy atom. The van der Waals surface area contributed by atoms with Gasteiger partial charge in [-0.1, -0.05) is 30.3 Å². The average Bonchev–Trinajstić information content (AvgIpc) is 2.99. The largest absolute Gasteiger partial charge is 0.384 e. The SMILES string of the molecule is CCNC(=NCC(C)(O)c1ccccc1)NCCc1ncc(C)s1.I. The Kier molecular flexibility index (Phi) is 9.37. The molecule has 0 saturated carbocycles. The smallest absolute Gasteiger partial charge is 0.191 e. The number of rotatable bonds is 7. The first-order valence-electron chi connectivity index (χ1n) is 8.22. The molecule has 0 radical (unpaired) electrons. The summed E-state index contributed by atoms with van der Waals surface area (Å²) < 4.78 is 0. The molecule has 1 heterocycles. The van der Waals surface area contributed by atoms with Crippen LogP contribution in [0.2, 0.25) is 0 Å². The van der Waals surface area contributed by atoms with Gasteiger partial charge < -0.3 is 15.7 Å². The minimum Gasteiger partial charge on any atom is -0.384 e. The monoisotopic (exact) mass is 474 g/mol. The van der Waals surface area contributed by atoms with Crippen molar-refractivity contribution in [3.8, 4) is 0 Å². The van der Waals surface area contributed by atoms with Crippen LogP contribution in [-0.4, -0.2) is 35.7 Å². The summed E-state index contributed by atoms with van der Waals surface area (Å²) in [5.41, 5.74) is -0.126. The third kappa shape index (κ3) is 7.29. The van der Waals surface area contributed by atoms with Crippen LogP contribution in [0.25, 0.3) is 0 Å². The number of nitrogens with zero attached hydrogens (tertiary/aromatic N) is 2. The van der Waals surface area contributed by atoms with Gasteiger partial charge in [0.25, 0.3) is 0 Å². The van der Waals surface area contributed by atoms with E-state index in [1.165, 1.54) is 4.88 Å². The van der Waals surface area contributed by atoms with Gasteiger partial charge in [-0.3, -0.25) is 0 Å². The van der Waals surface area contributed by atoms with E-state index in [9.17, 15) is 5.11 Å². The van der Waals surface area contributed by atoms with Crippen LogP contribution in [0.1, 0.15) is 29.3 Å². The number of hydrogen-bond acceptors (Lipinski definition) is 4. The van der Waals surface area contributed by atoms with Crippen molar-refractivity contribution >= 4 is 41.3 Å². The first-order valence-corrected chi connectivity index (χ1v) is 9.04. The van der Waals surface area contributed by atoms with Crippen LogP contribution >= 0.6 is 35.3 Å². The summed E-state index contributed by atoms with van der Waals surface area (Å²) in [6.45, 7) is 7.70. The van der Waals surface area contributed by atoms with Crippen molar-refractivity contribution in [2.24, 2.45) is 4.99 Å². The van der Waals surface area contributed by atoms with E-state index >= 15 is 0 Å². The number of hydrogen-bond donors (Lipinski definition) is 3.